The highest BCUT2D eigenvalue weighted by Crippen LogP contribution is 2.36. The molecule has 8 heteroatoms. The van der Waals surface area contributed by atoms with E-state index in [0.717, 1.165) is 10.2 Å². The molecule has 0 saturated carbocycles. The molecule has 0 unspecified atom stereocenters. The average molecular weight is 432 g/mol. The number of aromatic carboxylic acids is 1. The van der Waals surface area contributed by atoms with Gasteiger partial charge in [-0.3, -0.25) is 4.79 Å². The number of carboxylic acids is 1. The molecule has 0 spiro atoms. The zero-order chi connectivity index (χ0) is 22.2. The van der Waals surface area contributed by atoms with Crippen LogP contribution in [0.15, 0.2) is 71.5 Å². The maximum absolute atomic E-state index is 14.3. The predicted octanol–water partition coefficient (Wildman–Crippen LogP) is 3.89. The van der Waals surface area contributed by atoms with E-state index >= 15 is 0 Å². The summed E-state index contributed by atoms with van der Waals surface area (Å²) >= 11 is 0. The van der Waals surface area contributed by atoms with Gasteiger partial charge in [-0.15, -0.1) is 0 Å². The Kier molecular flexibility index (Phi) is 4.91. The van der Waals surface area contributed by atoms with Gasteiger partial charge in [-0.2, -0.15) is 5.10 Å². The quantitative estimate of drug-likeness (QED) is 0.526. The molecule has 32 heavy (non-hydrogen) atoms. The standard InChI is InChI=1S/C24H17FN2O5/c25-17-10-15(21-16(11-17)13-31-24(32-21)14-6-2-1-3-7-14)12-27-22(28)19-9-5-4-8-18(19)20(26-27)23(29)30/h1-11,24H,12-13H2,(H,29,30)/t24-/m0/s1. The van der Waals surface area contributed by atoms with Crippen molar-refractivity contribution in [1.82, 2.24) is 9.78 Å². The van der Waals surface area contributed by atoms with Crippen LogP contribution in [0.1, 0.15) is 33.5 Å². The lowest BCUT2D eigenvalue weighted by atomic mass is 10.1. The molecule has 1 atom stereocenters. The third-order valence-electron chi connectivity index (χ3n) is 5.28. The predicted molar refractivity (Wildman–Crippen MR) is 113 cm³/mol. The third kappa shape index (κ3) is 3.50. The summed E-state index contributed by atoms with van der Waals surface area (Å²) in [6.07, 6.45) is -0.691. The molecule has 4 aromatic rings. The summed E-state index contributed by atoms with van der Waals surface area (Å²) in [5, 5.41) is 14.1. The number of aromatic nitrogens is 2. The Morgan fingerprint density at radius 2 is 1.81 bits per heavy atom. The summed E-state index contributed by atoms with van der Waals surface area (Å²) in [6, 6.07) is 18.2. The summed E-state index contributed by atoms with van der Waals surface area (Å²) in [5.41, 5.74) is 0.930. The minimum Gasteiger partial charge on any atom is -0.476 e. The van der Waals surface area contributed by atoms with Gasteiger partial charge in [-0.25, -0.2) is 13.9 Å². The molecule has 7 nitrogen and oxygen atoms in total. The van der Waals surface area contributed by atoms with Crippen molar-refractivity contribution in [2.45, 2.75) is 19.4 Å². The average Bonchev–Trinajstić information content (AvgIpc) is 2.81. The van der Waals surface area contributed by atoms with Gasteiger partial charge in [-0.05, 0) is 18.2 Å². The van der Waals surface area contributed by atoms with Crippen molar-refractivity contribution in [2.75, 3.05) is 0 Å². The molecule has 160 valence electrons. The number of carbonyl (C=O) groups is 1. The fraction of sp³-hybridized carbons (Fsp3) is 0.125. The number of benzene rings is 3. The highest BCUT2D eigenvalue weighted by molar-refractivity contribution is 6.01. The number of hydrogen-bond donors (Lipinski definition) is 1. The molecule has 0 fully saturated rings. The van der Waals surface area contributed by atoms with Crippen molar-refractivity contribution in [3.63, 3.8) is 0 Å². The Balaban J connectivity index is 1.60. The summed E-state index contributed by atoms with van der Waals surface area (Å²) in [4.78, 5) is 24.7. The smallest absolute Gasteiger partial charge is 0.357 e. The number of nitrogens with zero attached hydrogens (tertiary/aromatic N) is 2. The first-order chi connectivity index (χ1) is 15.5. The molecule has 1 N–H and O–H groups in total. The van der Waals surface area contributed by atoms with E-state index in [4.69, 9.17) is 9.47 Å². The van der Waals surface area contributed by atoms with Gasteiger partial charge in [0.05, 0.1) is 18.5 Å². The molecule has 3 aromatic carbocycles. The number of carboxylic acid groups (broad SMARTS) is 1. The molecular formula is C24H17FN2O5. The third-order valence-corrected chi connectivity index (χ3v) is 5.28. The zero-order valence-corrected chi connectivity index (χ0v) is 16.7. The minimum atomic E-state index is -1.26. The van der Waals surface area contributed by atoms with E-state index in [9.17, 15) is 19.1 Å². The Labute approximate surface area is 181 Å². The van der Waals surface area contributed by atoms with Crippen LogP contribution in [0, 0.1) is 5.82 Å². The van der Waals surface area contributed by atoms with E-state index in [2.05, 4.69) is 5.10 Å². The first-order valence-corrected chi connectivity index (χ1v) is 9.89. The van der Waals surface area contributed by atoms with Crippen molar-refractivity contribution in [3.8, 4) is 5.75 Å². The summed E-state index contributed by atoms with van der Waals surface area (Å²) in [6.45, 7) is -0.0361. The van der Waals surface area contributed by atoms with E-state index in [0.29, 0.717) is 16.9 Å². The van der Waals surface area contributed by atoms with Crippen LogP contribution in [0.3, 0.4) is 0 Å². The van der Waals surface area contributed by atoms with Gasteiger partial charge in [-0.1, -0.05) is 48.5 Å². The van der Waals surface area contributed by atoms with Gasteiger partial charge in [0.1, 0.15) is 11.6 Å². The molecule has 5 rings (SSSR count). The zero-order valence-electron chi connectivity index (χ0n) is 16.7. The number of halogens is 1. The van der Waals surface area contributed by atoms with Crippen molar-refractivity contribution in [1.29, 1.82) is 0 Å². The fourth-order valence-electron chi connectivity index (χ4n) is 3.83. The topological polar surface area (TPSA) is 90.7 Å². The van der Waals surface area contributed by atoms with Crippen molar-refractivity contribution in [2.24, 2.45) is 0 Å². The Bertz CT molecular complexity index is 1400. The van der Waals surface area contributed by atoms with Gasteiger partial charge in [0.25, 0.3) is 5.56 Å². The molecule has 1 aliphatic heterocycles. The van der Waals surface area contributed by atoms with Crippen LogP contribution in [0.25, 0.3) is 10.8 Å². The van der Waals surface area contributed by atoms with Crippen LogP contribution < -0.4 is 10.3 Å². The van der Waals surface area contributed by atoms with Crippen LogP contribution in [0.2, 0.25) is 0 Å². The lowest BCUT2D eigenvalue weighted by Gasteiger charge is -2.28. The fourth-order valence-corrected chi connectivity index (χ4v) is 3.83. The second-order valence-corrected chi connectivity index (χ2v) is 7.39. The number of fused-ring (bicyclic) bond motifs is 2. The highest BCUT2D eigenvalue weighted by Gasteiger charge is 2.26. The highest BCUT2D eigenvalue weighted by atomic mass is 19.1. The first kappa shape index (κ1) is 19.9. The Morgan fingerprint density at radius 3 is 2.56 bits per heavy atom. The second-order valence-electron chi connectivity index (χ2n) is 7.39. The second kappa shape index (κ2) is 7.90. The lowest BCUT2D eigenvalue weighted by molar-refractivity contribution is -0.112. The van der Waals surface area contributed by atoms with Crippen molar-refractivity contribution < 1.29 is 23.8 Å². The number of ether oxygens (including phenoxy) is 2. The van der Waals surface area contributed by atoms with E-state index in [1.807, 2.05) is 30.3 Å². The van der Waals surface area contributed by atoms with Crippen LogP contribution in [-0.4, -0.2) is 20.9 Å². The number of rotatable bonds is 4. The maximum atomic E-state index is 14.3. The van der Waals surface area contributed by atoms with E-state index in [1.165, 1.54) is 18.2 Å². The largest absolute Gasteiger partial charge is 0.476 e. The molecule has 1 aromatic heterocycles. The number of hydrogen-bond acceptors (Lipinski definition) is 5. The maximum Gasteiger partial charge on any atom is 0.357 e. The molecule has 1 aliphatic rings. The normalized spacial score (nSPS) is 15.2. The van der Waals surface area contributed by atoms with Crippen LogP contribution in [0.4, 0.5) is 4.39 Å². The van der Waals surface area contributed by atoms with Crippen LogP contribution in [-0.2, 0) is 17.9 Å². The van der Waals surface area contributed by atoms with Crippen molar-refractivity contribution >= 4 is 16.7 Å². The first-order valence-electron chi connectivity index (χ1n) is 9.89. The lowest BCUT2D eigenvalue weighted by Crippen LogP contribution is -2.27. The van der Waals surface area contributed by atoms with Gasteiger partial charge >= 0.3 is 5.97 Å². The van der Waals surface area contributed by atoms with E-state index in [-0.39, 0.29) is 29.6 Å². The van der Waals surface area contributed by atoms with Crippen LogP contribution >= 0.6 is 0 Å². The monoisotopic (exact) mass is 432 g/mol. The van der Waals surface area contributed by atoms with Crippen LogP contribution in [0.5, 0.6) is 5.75 Å². The van der Waals surface area contributed by atoms with Gasteiger partial charge < -0.3 is 14.6 Å². The molecule has 0 aliphatic carbocycles. The van der Waals surface area contributed by atoms with Gasteiger partial charge in [0.2, 0.25) is 6.29 Å². The summed E-state index contributed by atoms with van der Waals surface area (Å²) in [5.74, 6) is -1.38. The van der Waals surface area contributed by atoms with Gasteiger partial charge in [0.15, 0.2) is 5.69 Å². The molecule has 0 radical (unpaired) electrons. The SMILES string of the molecule is O=C(O)c1nn(Cc2cc(F)cc3c2O[C@@H](c2ccccc2)OC3)c(=O)c2ccccc12. The van der Waals surface area contributed by atoms with E-state index < -0.39 is 23.6 Å². The summed E-state index contributed by atoms with van der Waals surface area (Å²) < 4.78 is 27.1. The molecule has 2 heterocycles. The molecular weight excluding hydrogens is 415 g/mol. The molecule has 0 amide bonds. The summed E-state index contributed by atoms with van der Waals surface area (Å²) in [7, 11) is 0. The van der Waals surface area contributed by atoms with Crippen molar-refractivity contribution in [3.05, 3.63) is 105 Å². The molecule has 0 bridgehead atoms. The van der Waals surface area contributed by atoms with E-state index in [1.54, 1.807) is 18.2 Å². The Morgan fingerprint density at radius 1 is 1.09 bits per heavy atom. The Hall–Kier alpha value is -4.04. The van der Waals surface area contributed by atoms with Gasteiger partial charge in [0, 0.05) is 22.1 Å². The molecule has 0 saturated heterocycles. The minimum absolute atomic E-state index is 0.125.